The number of thioether (sulfide) groups is 1. The molecular weight excluding hydrogens is 528 g/mol. The highest BCUT2D eigenvalue weighted by atomic mass is 35.5. The maximum Gasteiger partial charge on any atom is 0.307 e. The Morgan fingerprint density at radius 3 is 2.45 bits per heavy atom. The third-order valence-electron chi connectivity index (χ3n) is 6.41. The fraction of sp³-hybridized carbons (Fsp3) is 0.345. The van der Waals surface area contributed by atoms with E-state index < -0.39 is 36.5 Å². The molecule has 0 amide bonds. The molecule has 202 valence electrons. The molecule has 0 bridgehead atoms. The first-order valence-corrected chi connectivity index (χ1v) is 13.7. The summed E-state index contributed by atoms with van der Waals surface area (Å²) in [6.07, 6.45) is -5.18. The van der Waals surface area contributed by atoms with Crippen molar-refractivity contribution < 1.29 is 34.7 Å². The van der Waals surface area contributed by atoms with Gasteiger partial charge in [-0.15, -0.1) is 11.8 Å². The van der Waals surface area contributed by atoms with Gasteiger partial charge in [0.2, 0.25) is 0 Å². The van der Waals surface area contributed by atoms with Crippen molar-refractivity contribution in [3.8, 4) is 5.75 Å². The molecule has 5 unspecified atom stereocenters. The van der Waals surface area contributed by atoms with E-state index in [1.165, 1.54) is 11.8 Å². The van der Waals surface area contributed by atoms with E-state index in [2.05, 4.69) is 0 Å². The van der Waals surface area contributed by atoms with Crippen molar-refractivity contribution in [1.29, 1.82) is 0 Å². The van der Waals surface area contributed by atoms with E-state index in [1.54, 1.807) is 30.3 Å². The highest BCUT2D eigenvalue weighted by Gasteiger charge is 2.44. The molecule has 1 aliphatic rings. The number of rotatable bonds is 10. The monoisotopic (exact) mass is 558 g/mol. The molecule has 1 heterocycles. The standard InChI is InChI=1S/C29H31ClO7S/c1-2-36-21-9-6-17(7-10-21)12-20-15-19(8-11-23(20)30)29-28(35)27(34)26(33)24(37-29)16-38-22-5-3-4-18(13-22)14-25(31)32/h3-11,13,15,24,26-29,33-35H,2,12,14,16H2,1H3,(H,31,32). The Morgan fingerprint density at radius 2 is 1.74 bits per heavy atom. The summed E-state index contributed by atoms with van der Waals surface area (Å²) in [7, 11) is 0. The van der Waals surface area contributed by atoms with E-state index in [9.17, 15) is 20.1 Å². The predicted octanol–water partition coefficient (Wildman–Crippen LogP) is 4.27. The fourth-order valence-electron chi connectivity index (χ4n) is 4.46. The van der Waals surface area contributed by atoms with Gasteiger partial charge in [0.25, 0.3) is 0 Å². The van der Waals surface area contributed by atoms with Gasteiger partial charge in [0, 0.05) is 15.7 Å². The second-order valence-corrected chi connectivity index (χ2v) is 10.7. The molecule has 0 spiro atoms. The van der Waals surface area contributed by atoms with Gasteiger partial charge >= 0.3 is 5.97 Å². The molecule has 9 heteroatoms. The first kappa shape index (κ1) is 28.4. The Kier molecular flexibility index (Phi) is 9.70. The SMILES string of the molecule is CCOc1ccc(Cc2cc(C3OC(CSc4cccc(CC(=O)O)c4)C(O)C(O)C3O)ccc2Cl)cc1. The highest BCUT2D eigenvalue weighted by molar-refractivity contribution is 7.99. The molecule has 1 saturated heterocycles. The molecule has 0 aromatic heterocycles. The summed E-state index contributed by atoms with van der Waals surface area (Å²) in [6.45, 7) is 2.52. The van der Waals surface area contributed by atoms with Crippen LogP contribution in [0, 0.1) is 0 Å². The summed E-state index contributed by atoms with van der Waals surface area (Å²) < 4.78 is 11.6. The smallest absolute Gasteiger partial charge is 0.307 e. The second kappa shape index (κ2) is 13.0. The summed E-state index contributed by atoms with van der Waals surface area (Å²) in [5, 5.41) is 41.6. The summed E-state index contributed by atoms with van der Waals surface area (Å²) in [4.78, 5) is 11.8. The van der Waals surface area contributed by atoms with E-state index in [4.69, 9.17) is 26.2 Å². The van der Waals surface area contributed by atoms with Crippen LogP contribution in [-0.4, -0.2) is 63.2 Å². The number of carboxylic acids is 1. The number of carboxylic acid groups (broad SMARTS) is 1. The van der Waals surface area contributed by atoms with E-state index in [1.807, 2.05) is 43.3 Å². The lowest BCUT2D eigenvalue weighted by Crippen LogP contribution is -2.54. The number of aliphatic hydroxyl groups excluding tert-OH is 3. The number of aliphatic carboxylic acids is 1. The van der Waals surface area contributed by atoms with Gasteiger partial charge < -0.3 is 29.9 Å². The van der Waals surface area contributed by atoms with Crippen molar-refractivity contribution in [3.63, 3.8) is 0 Å². The molecule has 38 heavy (non-hydrogen) atoms. The van der Waals surface area contributed by atoms with Gasteiger partial charge in [-0.1, -0.05) is 48.0 Å². The molecule has 0 radical (unpaired) electrons. The minimum atomic E-state index is -1.40. The lowest BCUT2D eigenvalue weighted by atomic mass is 9.90. The Labute approximate surface area is 231 Å². The minimum absolute atomic E-state index is 0.0838. The molecule has 0 saturated carbocycles. The molecule has 1 fully saturated rings. The number of benzene rings is 3. The maximum absolute atomic E-state index is 11.0. The average Bonchev–Trinajstić information content (AvgIpc) is 2.89. The number of hydrogen-bond acceptors (Lipinski definition) is 7. The third-order valence-corrected chi connectivity index (χ3v) is 7.86. The summed E-state index contributed by atoms with van der Waals surface area (Å²) in [6, 6.07) is 20.3. The zero-order valence-corrected chi connectivity index (χ0v) is 22.4. The van der Waals surface area contributed by atoms with Crippen molar-refractivity contribution in [2.75, 3.05) is 12.4 Å². The van der Waals surface area contributed by atoms with Crippen LogP contribution in [-0.2, 0) is 22.4 Å². The van der Waals surface area contributed by atoms with Crippen LogP contribution in [0.1, 0.15) is 35.3 Å². The molecule has 4 rings (SSSR count). The van der Waals surface area contributed by atoms with Gasteiger partial charge in [0.15, 0.2) is 0 Å². The fourth-order valence-corrected chi connectivity index (χ4v) is 5.69. The van der Waals surface area contributed by atoms with Gasteiger partial charge in [-0.05, 0) is 65.9 Å². The molecule has 3 aromatic carbocycles. The lowest BCUT2D eigenvalue weighted by Gasteiger charge is -2.41. The predicted molar refractivity (Wildman–Crippen MR) is 146 cm³/mol. The molecular formula is C29H31ClO7S. The van der Waals surface area contributed by atoms with Crippen molar-refractivity contribution in [3.05, 3.63) is 94.0 Å². The highest BCUT2D eigenvalue weighted by Crippen LogP contribution is 2.36. The molecule has 7 nitrogen and oxygen atoms in total. The van der Waals surface area contributed by atoms with Gasteiger partial charge in [-0.3, -0.25) is 4.79 Å². The number of carbonyl (C=O) groups is 1. The van der Waals surface area contributed by atoms with E-state index in [0.29, 0.717) is 34.9 Å². The molecule has 5 atom stereocenters. The van der Waals surface area contributed by atoms with E-state index in [-0.39, 0.29) is 6.42 Å². The Bertz CT molecular complexity index is 1240. The van der Waals surface area contributed by atoms with Gasteiger partial charge in [-0.25, -0.2) is 0 Å². The quantitative estimate of drug-likeness (QED) is 0.273. The van der Waals surface area contributed by atoms with Crippen LogP contribution >= 0.6 is 23.4 Å². The number of aliphatic hydroxyl groups is 3. The molecule has 3 aromatic rings. The molecule has 1 aliphatic heterocycles. The number of ether oxygens (including phenoxy) is 2. The minimum Gasteiger partial charge on any atom is -0.494 e. The normalized spacial score (nSPS) is 23.2. The average molecular weight is 559 g/mol. The van der Waals surface area contributed by atoms with Crippen molar-refractivity contribution >= 4 is 29.3 Å². The van der Waals surface area contributed by atoms with Gasteiger partial charge in [0.1, 0.15) is 30.2 Å². The largest absolute Gasteiger partial charge is 0.494 e. The van der Waals surface area contributed by atoms with E-state index in [0.717, 1.165) is 21.8 Å². The first-order chi connectivity index (χ1) is 18.2. The van der Waals surface area contributed by atoms with Crippen LogP contribution in [0.15, 0.2) is 71.6 Å². The van der Waals surface area contributed by atoms with E-state index >= 15 is 0 Å². The van der Waals surface area contributed by atoms with Crippen molar-refractivity contribution in [2.45, 2.75) is 55.2 Å². The second-order valence-electron chi connectivity index (χ2n) is 9.20. The zero-order valence-electron chi connectivity index (χ0n) is 20.9. The summed E-state index contributed by atoms with van der Waals surface area (Å²) in [5.41, 5.74) is 3.19. The van der Waals surface area contributed by atoms with Crippen LogP contribution in [0.25, 0.3) is 0 Å². The van der Waals surface area contributed by atoms with Crippen molar-refractivity contribution in [2.24, 2.45) is 0 Å². The van der Waals surface area contributed by atoms with Crippen LogP contribution in [0.3, 0.4) is 0 Å². The number of hydrogen-bond donors (Lipinski definition) is 4. The molecule has 4 N–H and O–H groups in total. The number of halogens is 1. The van der Waals surface area contributed by atoms with Gasteiger partial charge in [-0.2, -0.15) is 0 Å². The van der Waals surface area contributed by atoms with Crippen LogP contribution in [0.5, 0.6) is 5.75 Å². The Hall–Kier alpha value is -2.59. The maximum atomic E-state index is 11.0. The van der Waals surface area contributed by atoms with Crippen molar-refractivity contribution in [1.82, 2.24) is 0 Å². The topological polar surface area (TPSA) is 116 Å². The van der Waals surface area contributed by atoms with Gasteiger partial charge in [0.05, 0.1) is 19.1 Å². The summed E-state index contributed by atoms with van der Waals surface area (Å²) >= 11 is 7.87. The third kappa shape index (κ3) is 7.08. The van der Waals surface area contributed by atoms with Crippen LogP contribution in [0.2, 0.25) is 5.02 Å². The first-order valence-electron chi connectivity index (χ1n) is 12.4. The zero-order chi connectivity index (χ0) is 27.2. The Balaban J connectivity index is 1.48. The van der Waals surface area contributed by atoms with Crippen LogP contribution < -0.4 is 4.74 Å². The Morgan fingerprint density at radius 1 is 0.974 bits per heavy atom. The lowest BCUT2D eigenvalue weighted by molar-refractivity contribution is -0.218. The molecule has 0 aliphatic carbocycles. The summed E-state index contributed by atoms with van der Waals surface area (Å²) in [5.74, 6) is 0.174. The van der Waals surface area contributed by atoms with Crippen LogP contribution in [0.4, 0.5) is 0 Å².